The predicted molar refractivity (Wildman–Crippen MR) is 235 cm³/mol. The van der Waals surface area contributed by atoms with Gasteiger partial charge in [-0.1, -0.05) is 87.5 Å². The molecule has 2 saturated carbocycles. The molecule has 2 aliphatic carbocycles. The van der Waals surface area contributed by atoms with Gasteiger partial charge in [-0.05, 0) is 76.5 Å². The SMILES string of the molecule is C=C[C@@H]1C[C@]1(NC(=O)[C@@H]1CC(Oc2cc(-c3ccccc3)nc3nc(C)ccc23)CN1C(=O)[C@@H](NC(=O)OC(C)(C)C)C(C)(C)C)C(=O)NS(=O)(=O)C1(Cc2ccccc2)CC1. The van der Waals surface area contributed by atoms with Crippen molar-refractivity contribution in [3.05, 3.63) is 103 Å². The van der Waals surface area contributed by atoms with E-state index in [1.807, 2.05) is 79.7 Å². The van der Waals surface area contributed by atoms with Crippen LogP contribution in [0.1, 0.15) is 78.5 Å². The summed E-state index contributed by atoms with van der Waals surface area (Å²) in [6.07, 6.45) is 1.08. The Hall–Kier alpha value is -5.83. The number of benzene rings is 2. The minimum absolute atomic E-state index is 0.000406. The van der Waals surface area contributed by atoms with Crippen LogP contribution in [0.25, 0.3) is 22.3 Å². The largest absolute Gasteiger partial charge is 0.488 e. The number of carbonyl (C=O) groups is 4. The van der Waals surface area contributed by atoms with Crippen molar-refractivity contribution in [2.75, 3.05) is 6.54 Å². The van der Waals surface area contributed by atoms with E-state index in [0.29, 0.717) is 35.3 Å². The molecule has 3 N–H and O–H groups in total. The van der Waals surface area contributed by atoms with Gasteiger partial charge in [0, 0.05) is 29.7 Å². The van der Waals surface area contributed by atoms with Gasteiger partial charge in [0.25, 0.3) is 5.91 Å². The minimum atomic E-state index is -4.17. The third kappa shape index (κ3) is 9.32. The van der Waals surface area contributed by atoms with E-state index in [0.717, 1.165) is 16.8 Å². The van der Waals surface area contributed by atoms with E-state index in [1.54, 1.807) is 47.6 Å². The number of hydrogen-bond donors (Lipinski definition) is 3. The molecule has 14 nitrogen and oxygen atoms in total. The fraction of sp³-hybridized carbons (Fsp3) is 0.447. The Morgan fingerprint density at radius 1 is 0.952 bits per heavy atom. The van der Waals surface area contributed by atoms with Crippen LogP contribution in [-0.4, -0.2) is 87.7 Å². The zero-order chi connectivity index (χ0) is 44.8. The van der Waals surface area contributed by atoms with Gasteiger partial charge in [-0.2, -0.15) is 0 Å². The lowest BCUT2D eigenvalue weighted by atomic mass is 9.85. The zero-order valence-corrected chi connectivity index (χ0v) is 37.2. The molecule has 7 rings (SSSR count). The van der Waals surface area contributed by atoms with E-state index in [-0.39, 0.29) is 25.8 Å². The average molecular weight is 865 g/mol. The summed E-state index contributed by atoms with van der Waals surface area (Å²) in [5.41, 5.74) is 0.180. The number of nitrogens with one attached hydrogen (secondary N) is 3. The Balaban J connectivity index is 1.19. The summed E-state index contributed by atoms with van der Waals surface area (Å²) in [5, 5.41) is 6.24. The third-order valence-electron chi connectivity index (χ3n) is 11.8. The average Bonchev–Trinajstić information content (AvgIpc) is 4.10. The van der Waals surface area contributed by atoms with Gasteiger partial charge in [0.15, 0.2) is 5.65 Å². The summed E-state index contributed by atoms with van der Waals surface area (Å²) >= 11 is 0. The highest BCUT2D eigenvalue weighted by Gasteiger charge is 2.63. The first-order chi connectivity index (χ1) is 29.1. The van der Waals surface area contributed by atoms with Crippen LogP contribution in [0.2, 0.25) is 0 Å². The first-order valence-corrected chi connectivity index (χ1v) is 22.5. The number of pyridine rings is 2. The quantitative estimate of drug-likeness (QED) is 0.131. The van der Waals surface area contributed by atoms with Gasteiger partial charge in [-0.25, -0.2) is 23.2 Å². The van der Waals surface area contributed by atoms with Crippen molar-refractivity contribution in [3.63, 3.8) is 0 Å². The van der Waals surface area contributed by atoms with E-state index in [4.69, 9.17) is 14.5 Å². The van der Waals surface area contributed by atoms with Crippen molar-refractivity contribution in [2.24, 2.45) is 11.3 Å². The summed E-state index contributed by atoms with van der Waals surface area (Å²) < 4.78 is 41.2. The van der Waals surface area contributed by atoms with Crippen LogP contribution in [0.5, 0.6) is 5.75 Å². The number of ether oxygens (including phenoxy) is 2. The Morgan fingerprint density at radius 2 is 1.61 bits per heavy atom. The topological polar surface area (TPSA) is 186 Å². The van der Waals surface area contributed by atoms with Crippen molar-refractivity contribution in [1.82, 2.24) is 30.2 Å². The number of aryl methyl sites for hydroxylation is 1. The van der Waals surface area contributed by atoms with Crippen molar-refractivity contribution in [2.45, 2.75) is 115 Å². The molecule has 4 amide bonds. The molecule has 0 spiro atoms. The first-order valence-electron chi connectivity index (χ1n) is 21.0. The number of hydrogen-bond acceptors (Lipinski definition) is 10. The second-order valence-corrected chi connectivity index (χ2v) is 21.0. The molecular formula is C47H56N6O8S. The number of alkyl carbamates (subject to hydrolysis) is 1. The number of likely N-dealkylation sites (tertiary alicyclic amines) is 1. The van der Waals surface area contributed by atoms with Crippen LogP contribution in [0, 0.1) is 18.3 Å². The molecule has 1 unspecified atom stereocenters. The van der Waals surface area contributed by atoms with Gasteiger partial charge < -0.3 is 25.0 Å². The van der Waals surface area contributed by atoms with E-state index < -0.39 is 79.2 Å². The number of nitrogens with zero attached hydrogens (tertiary/aromatic N) is 3. The minimum Gasteiger partial charge on any atom is -0.488 e. The summed E-state index contributed by atoms with van der Waals surface area (Å²) in [4.78, 5) is 67.7. The van der Waals surface area contributed by atoms with Crippen LogP contribution in [0.3, 0.4) is 0 Å². The maximum absolute atomic E-state index is 14.8. The van der Waals surface area contributed by atoms with Crippen LogP contribution in [-0.2, 0) is 35.6 Å². The van der Waals surface area contributed by atoms with Gasteiger partial charge >= 0.3 is 6.09 Å². The zero-order valence-electron chi connectivity index (χ0n) is 36.4. The van der Waals surface area contributed by atoms with Crippen LogP contribution in [0.4, 0.5) is 4.79 Å². The van der Waals surface area contributed by atoms with E-state index in [2.05, 4.69) is 26.9 Å². The number of amides is 4. The van der Waals surface area contributed by atoms with E-state index in [1.165, 1.54) is 11.0 Å². The second-order valence-electron chi connectivity index (χ2n) is 18.9. The molecule has 2 aromatic carbocycles. The molecule has 1 saturated heterocycles. The lowest BCUT2D eigenvalue weighted by Gasteiger charge is -2.36. The van der Waals surface area contributed by atoms with Crippen molar-refractivity contribution in [3.8, 4) is 17.0 Å². The van der Waals surface area contributed by atoms with E-state index in [9.17, 15) is 27.6 Å². The lowest BCUT2D eigenvalue weighted by Crippen LogP contribution is -2.60. The number of aromatic nitrogens is 2. The fourth-order valence-electron chi connectivity index (χ4n) is 8.12. The lowest BCUT2D eigenvalue weighted by molar-refractivity contribution is -0.143. The molecule has 0 bridgehead atoms. The molecule has 328 valence electrons. The van der Waals surface area contributed by atoms with Gasteiger partial charge in [0.2, 0.25) is 21.8 Å². The Bertz CT molecular complexity index is 2500. The second kappa shape index (κ2) is 16.5. The van der Waals surface area contributed by atoms with Crippen molar-refractivity contribution >= 4 is 44.9 Å². The summed E-state index contributed by atoms with van der Waals surface area (Å²) in [6, 6.07) is 22.0. The van der Waals surface area contributed by atoms with Crippen LogP contribution in [0.15, 0.2) is 91.5 Å². The monoisotopic (exact) mass is 864 g/mol. The highest BCUT2D eigenvalue weighted by molar-refractivity contribution is 7.91. The molecule has 1 aliphatic heterocycles. The predicted octanol–water partition coefficient (Wildman–Crippen LogP) is 6.18. The third-order valence-corrected chi connectivity index (χ3v) is 13.9. The maximum Gasteiger partial charge on any atom is 0.408 e. The van der Waals surface area contributed by atoms with Gasteiger partial charge in [0.05, 0.1) is 22.4 Å². The molecule has 62 heavy (non-hydrogen) atoms. The van der Waals surface area contributed by atoms with Crippen LogP contribution >= 0.6 is 0 Å². The molecule has 3 aliphatic rings. The molecule has 3 heterocycles. The maximum atomic E-state index is 14.8. The highest BCUT2D eigenvalue weighted by atomic mass is 32.2. The highest BCUT2D eigenvalue weighted by Crippen LogP contribution is 2.48. The van der Waals surface area contributed by atoms with Crippen molar-refractivity contribution in [1.29, 1.82) is 0 Å². The smallest absolute Gasteiger partial charge is 0.408 e. The summed E-state index contributed by atoms with van der Waals surface area (Å²) in [6.45, 7) is 16.2. The number of rotatable bonds is 13. The summed E-state index contributed by atoms with van der Waals surface area (Å²) in [5.74, 6) is -2.24. The molecule has 5 atom stereocenters. The van der Waals surface area contributed by atoms with Crippen LogP contribution < -0.4 is 20.1 Å². The van der Waals surface area contributed by atoms with Gasteiger partial charge in [0.1, 0.15) is 35.1 Å². The molecule has 0 radical (unpaired) electrons. The molecule has 4 aromatic rings. The normalized spacial score (nSPS) is 22.2. The Morgan fingerprint density at radius 3 is 2.21 bits per heavy atom. The standard InChI is InChI=1S/C47H56N6O8S/c1-9-32-27-47(32,42(56)52-62(58,59)46(22-23-46)26-30-16-12-10-13-17-30)51-40(54)36-24-33(28-53(36)41(55)38(44(3,4)5)50-43(57)61-45(6,7)8)60-37-25-35(31-18-14-11-15-19-31)49-39-34(37)21-20-29(2)48-39/h9-21,25,32-33,36,38H,1,22-24,26-28H2,2-8H3,(H,50,57)(H,51,54)(H,52,56)/t32-,33?,36+,38-,47-/m1/s1. The van der Waals surface area contributed by atoms with Gasteiger partial charge in [-0.15, -0.1) is 6.58 Å². The summed E-state index contributed by atoms with van der Waals surface area (Å²) in [7, 11) is -4.17. The Kier molecular flexibility index (Phi) is 11.7. The first kappa shape index (κ1) is 44.2. The van der Waals surface area contributed by atoms with Gasteiger partial charge in [-0.3, -0.25) is 19.1 Å². The fourth-order valence-corrected chi connectivity index (χ4v) is 9.76. The number of fused-ring (bicyclic) bond motifs is 1. The molecular weight excluding hydrogens is 809 g/mol. The Labute approximate surface area is 363 Å². The number of sulfonamides is 1. The molecule has 3 fully saturated rings. The van der Waals surface area contributed by atoms with E-state index >= 15 is 0 Å². The molecule has 2 aromatic heterocycles. The molecule has 15 heteroatoms. The number of carbonyl (C=O) groups excluding carboxylic acids is 4. The van der Waals surface area contributed by atoms with Crippen molar-refractivity contribution < 1.29 is 37.1 Å².